The highest BCUT2D eigenvalue weighted by molar-refractivity contribution is 8.00. The number of amides is 2. The van der Waals surface area contributed by atoms with Crippen molar-refractivity contribution in [2.75, 3.05) is 18.8 Å². The molecule has 0 aromatic carbocycles. The minimum absolute atomic E-state index is 0.271. The first-order chi connectivity index (χ1) is 8.30. The van der Waals surface area contributed by atoms with E-state index < -0.39 is 11.5 Å². The molecule has 2 N–H and O–H groups in total. The number of nitrogens with zero attached hydrogens (tertiary/aromatic N) is 1. The van der Waals surface area contributed by atoms with Crippen molar-refractivity contribution < 1.29 is 14.7 Å². The maximum atomic E-state index is 12.0. The summed E-state index contributed by atoms with van der Waals surface area (Å²) in [4.78, 5) is 24.2. The molecule has 0 aromatic rings. The average Bonchev–Trinajstić information content (AvgIpc) is 2.73. The van der Waals surface area contributed by atoms with Crippen molar-refractivity contribution >= 4 is 23.8 Å². The number of nitrogens with one attached hydrogen (secondary N) is 1. The summed E-state index contributed by atoms with van der Waals surface area (Å²) >= 11 is 1.87. The third-order valence-electron chi connectivity index (χ3n) is 2.85. The summed E-state index contributed by atoms with van der Waals surface area (Å²) in [5, 5.41) is 12.2. The van der Waals surface area contributed by atoms with Gasteiger partial charge in [0, 0.05) is 17.3 Å². The Kier molecular flexibility index (Phi) is 5.31. The Balaban J connectivity index is 2.50. The lowest BCUT2D eigenvalue weighted by molar-refractivity contribution is -0.138. The second kappa shape index (κ2) is 6.31. The van der Waals surface area contributed by atoms with Crippen molar-refractivity contribution in [1.29, 1.82) is 0 Å². The zero-order chi connectivity index (χ0) is 13.8. The fourth-order valence-electron chi connectivity index (χ4n) is 1.85. The van der Waals surface area contributed by atoms with Crippen LogP contribution in [-0.2, 0) is 4.79 Å². The maximum absolute atomic E-state index is 12.0. The fourth-order valence-corrected chi connectivity index (χ4v) is 3.05. The first kappa shape index (κ1) is 15.1. The topological polar surface area (TPSA) is 69.6 Å². The van der Waals surface area contributed by atoms with Gasteiger partial charge in [0.1, 0.15) is 6.54 Å². The van der Waals surface area contributed by atoms with Crippen LogP contribution in [0.15, 0.2) is 0 Å². The van der Waals surface area contributed by atoms with Crippen LogP contribution >= 0.6 is 11.8 Å². The van der Waals surface area contributed by atoms with E-state index in [4.69, 9.17) is 5.11 Å². The Labute approximate surface area is 112 Å². The van der Waals surface area contributed by atoms with E-state index in [1.54, 1.807) is 0 Å². The Morgan fingerprint density at radius 2 is 2.11 bits per heavy atom. The Bertz CT molecular complexity index is 309. The molecule has 0 bridgehead atoms. The largest absolute Gasteiger partial charge is 0.480 e. The summed E-state index contributed by atoms with van der Waals surface area (Å²) in [6, 6.07) is -0.294. The molecule has 0 aromatic heterocycles. The number of rotatable bonds is 4. The van der Waals surface area contributed by atoms with Crippen LogP contribution in [0.5, 0.6) is 0 Å². The number of aliphatic carboxylic acids is 1. The molecular weight excluding hydrogens is 252 g/mol. The van der Waals surface area contributed by atoms with Gasteiger partial charge in [0.2, 0.25) is 0 Å². The number of carbonyl (C=O) groups excluding carboxylic acids is 1. The molecule has 1 aliphatic heterocycles. The quantitative estimate of drug-likeness (QED) is 0.820. The highest BCUT2D eigenvalue weighted by Gasteiger charge is 2.29. The number of carbonyl (C=O) groups is 2. The number of thioether (sulfide) groups is 1. The molecule has 1 heterocycles. The van der Waals surface area contributed by atoms with Crippen molar-refractivity contribution in [2.45, 2.75) is 44.4 Å². The summed E-state index contributed by atoms with van der Waals surface area (Å²) in [6.07, 6.45) is 2.32. The van der Waals surface area contributed by atoms with Gasteiger partial charge < -0.3 is 15.3 Å². The first-order valence-electron chi connectivity index (χ1n) is 6.19. The van der Waals surface area contributed by atoms with Gasteiger partial charge in [-0.05, 0) is 39.4 Å². The Morgan fingerprint density at radius 1 is 1.44 bits per heavy atom. The van der Waals surface area contributed by atoms with Crippen LogP contribution in [0.2, 0.25) is 0 Å². The van der Waals surface area contributed by atoms with Crippen molar-refractivity contribution in [3.05, 3.63) is 0 Å². The van der Waals surface area contributed by atoms with Gasteiger partial charge in [-0.25, -0.2) is 4.79 Å². The van der Waals surface area contributed by atoms with Crippen molar-refractivity contribution in [3.63, 3.8) is 0 Å². The van der Waals surface area contributed by atoms with E-state index in [-0.39, 0.29) is 12.6 Å². The van der Waals surface area contributed by atoms with E-state index in [1.807, 2.05) is 32.5 Å². The molecule has 1 unspecified atom stereocenters. The van der Waals surface area contributed by atoms with Gasteiger partial charge in [-0.15, -0.1) is 0 Å². The van der Waals surface area contributed by atoms with Gasteiger partial charge in [-0.2, -0.15) is 11.8 Å². The monoisotopic (exact) mass is 274 g/mol. The molecule has 104 valence electrons. The van der Waals surface area contributed by atoms with Gasteiger partial charge in [-0.3, -0.25) is 4.79 Å². The van der Waals surface area contributed by atoms with Gasteiger partial charge in [0.25, 0.3) is 0 Å². The fraction of sp³-hybridized carbons (Fsp3) is 0.833. The van der Waals surface area contributed by atoms with Crippen molar-refractivity contribution in [3.8, 4) is 0 Å². The molecule has 0 aliphatic carbocycles. The van der Waals surface area contributed by atoms with Crippen LogP contribution in [0.25, 0.3) is 0 Å². The second-order valence-electron chi connectivity index (χ2n) is 5.47. The minimum atomic E-state index is -0.990. The average molecular weight is 274 g/mol. The van der Waals surface area contributed by atoms with E-state index in [1.165, 1.54) is 11.3 Å². The molecule has 1 saturated heterocycles. The van der Waals surface area contributed by atoms with Crippen molar-refractivity contribution in [1.82, 2.24) is 10.2 Å². The standard InChI is InChI=1S/C12H22N2O3S/c1-12(2,3)14(8-10(15)16)11(17)13-7-9-5-4-6-18-9/h9H,4-8H2,1-3H3,(H,13,17)(H,15,16). The number of hydrogen-bond acceptors (Lipinski definition) is 3. The highest BCUT2D eigenvalue weighted by Crippen LogP contribution is 2.25. The van der Waals surface area contributed by atoms with Crippen LogP contribution in [-0.4, -0.2) is 51.6 Å². The lowest BCUT2D eigenvalue weighted by Crippen LogP contribution is -2.53. The number of carboxylic acid groups (broad SMARTS) is 1. The van der Waals surface area contributed by atoms with Crippen LogP contribution in [0.3, 0.4) is 0 Å². The van der Waals surface area contributed by atoms with Crippen LogP contribution in [0.1, 0.15) is 33.6 Å². The Morgan fingerprint density at radius 3 is 2.56 bits per heavy atom. The van der Waals surface area contributed by atoms with Crippen LogP contribution in [0.4, 0.5) is 4.79 Å². The summed E-state index contributed by atoms with van der Waals surface area (Å²) in [7, 11) is 0. The van der Waals surface area contributed by atoms with E-state index in [0.29, 0.717) is 11.8 Å². The highest BCUT2D eigenvalue weighted by atomic mass is 32.2. The van der Waals surface area contributed by atoms with Gasteiger partial charge in [0.15, 0.2) is 0 Å². The molecule has 0 radical (unpaired) electrons. The van der Waals surface area contributed by atoms with Gasteiger partial charge in [0.05, 0.1) is 0 Å². The molecule has 5 nitrogen and oxygen atoms in total. The second-order valence-corrected chi connectivity index (χ2v) is 6.88. The van der Waals surface area contributed by atoms with E-state index >= 15 is 0 Å². The van der Waals surface area contributed by atoms with E-state index in [2.05, 4.69) is 5.32 Å². The summed E-state index contributed by atoms with van der Waals surface area (Å²) in [6.45, 7) is 5.85. The number of urea groups is 1. The molecule has 1 aliphatic rings. The smallest absolute Gasteiger partial charge is 0.323 e. The molecular formula is C12H22N2O3S. The lowest BCUT2D eigenvalue weighted by atomic mass is 10.1. The van der Waals surface area contributed by atoms with Gasteiger partial charge >= 0.3 is 12.0 Å². The number of carboxylic acids is 1. The SMILES string of the molecule is CC(C)(C)N(CC(=O)O)C(=O)NCC1CCCS1. The molecule has 2 amide bonds. The van der Waals surface area contributed by atoms with Gasteiger partial charge in [-0.1, -0.05) is 0 Å². The Hall–Kier alpha value is -0.910. The third kappa shape index (κ3) is 4.76. The minimum Gasteiger partial charge on any atom is -0.480 e. The predicted molar refractivity (Wildman–Crippen MR) is 73.0 cm³/mol. The molecule has 0 saturated carbocycles. The summed E-state index contributed by atoms with van der Waals surface area (Å²) in [5.74, 6) is 0.161. The molecule has 1 atom stereocenters. The van der Waals surface area contributed by atoms with Crippen LogP contribution < -0.4 is 5.32 Å². The first-order valence-corrected chi connectivity index (χ1v) is 7.24. The molecule has 6 heteroatoms. The normalized spacial score (nSPS) is 19.6. The molecule has 1 rings (SSSR count). The predicted octanol–water partition coefficient (Wildman–Crippen LogP) is 1.78. The van der Waals surface area contributed by atoms with Crippen LogP contribution in [0, 0.1) is 0 Å². The summed E-state index contributed by atoms with van der Waals surface area (Å²) < 4.78 is 0. The van der Waals surface area contributed by atoms with E-state index in [9.17, 15) is 9.59 Å². The lowest BCUT2D eigenvalue weighted by Gasteiger charge is -2.34. The van der Waals surface area contributed by atoms with Crippen molar-refractivity contribution in [2.24, 2.45) is 0 Å². The summed E-state index contributed by atoms with van der Waals surface area (Å²) in [5.41, 5.74) is -0.495. The maximum Gasteiger partial charge on any atom is 0.323 e. The number of hydrogen-bond donors (Lipinski definition) is 2. The molecule has 1 fully saturated rings. The van der Waals surface area contributed by atoms with E-state index in [0.717, 1.165) is 12.2 Å². The zero-order valence-corrected chi connectivity index (χ0v) is 12.0. The third-order valence-corrected chi connectivity index (χ3v) is 4.25. The molecule has 18 heavy (non-hydrogen) atoms. The zero-order valence-electron chi connectivity index (χ0n) is 11.2. The molecule has 0 spiro atoms.